The molecular formula is C11H12O2S. The van der Waals surface area contributed by atoms with E-state index in [0.29, 0.717) is 23.5 Å². The Bertz CT molecular complexity index is 319. The first-order valence-electron chi connectivity index (χ1n) is 4.30. The van der Waals surface area contributed by atoms with Crippen molar-refractivity contribution in [2.45, 2.75) is 6.42 Å². The highest BCUT2D eigenvalue weighted by atomic mass is 32.1. The minimum atomic E-state index is -0.384. The van der Waals surface area contributed by atoms with E-state index < -0.39 is 0 Å². The molecule has 0 aliphatic carbocycles. The second-order valence-corrected chi connectivity index (χ2v) is 3.23. The Balaban J connectivity index is 2.53. The summed E-state index contributed by atoms with van der Waals surface area (Å²) in [5.74, 6) is 0.756. The van der Waals surface area contributed by atoms with Crippen LogP contribution in [0.15, 0.2) is 42.5 Å². The average molecular weight is 208 g/mol. The van der Waals surface area contributed by atoms with Gasteiger partial charge in [0.2, 0.25) is 0 Å². The fraction of sp³-hybridized carbons (Fsp3) is 0.182. The number of carbonyl (C=O) groups excluding carboxylic acids is 1. The summed E-state index contributed by atoms with van der Waals surface area (Å²) in [7, 11) is 0. The molecule has 0 heterocycles. The number of ether oxygens (including phenoxy) is 1. The van der Waals surface area contributed by atoms with Gasteiger partial charge >= 0.3 is 5.97 Å². The van der Waals surface area contributed by atoms with Crippen molar-refractivity contribution in [3.05, 3.63) is 42.5 Å². The van der Waals surface area contributed by atoms with Crippen molar-refractivity contribution in [2.24, 2.45) is 0 Å². The molecule has 74 valence electrons. The Labute approximate surface area is 89.0 Å². The molecule has 0 atom stereocenters. The molecule has 14 heavy (non-hydrogen) atoms. The highest BCUT2D eigenvalue weighted by molar-refractivity contribution is 7.80. The number of thiol groups is 1. The molecule has 0 radical (unpaired) electrons. The molecule has 0 amide bonds. The van der Waals surface area contributed by atoms with Gasteiger partial charge in [0.1, 0.15) is 5.75 Å². The average Bonchev–Trinajstić information content (AvgIpc) is 2.19. The van der Waals surface area contributed by atoms with Crippen molar-refractivity contribution >= 4 is 18.6 Å². The summed E-state index contributed by atoms with van der Waals surface area (Å²) in [6.07, 6.45) is 0.550. The predicted octanol–water partition coefficient (Wildman–Crippen LogP) is 2.47. The monoisotopic (exact) mass is 208 g/mol. The molecule has 1 aromatic rings. The van der Waals surface area contributed by atoms with Crippen LogP contribution in [0.4, 0.5) is 0 Å². The van der Waals surface area contributed by atoms with Gasteiger partial charge in [-0.3, -0.25) is 0 Å². The molecular weight excluding hydrogens is 196 g/mol. The molecule has 0 unspecified atom stereocenters. The Kier molecular flexibility index (Phi) is 4.26. The first-order valence-corrected chi connectivity index (χ1v) is 4.93. The van der Waals surface area contributed by atoms with Gasteiger partial charge in [0.25, 0.3) is 0 Å². The van der Waals surface area contributed by atoms with Crippen LogP contribution in [0, 0.1) is 0 Å². The summed E-state index contributed by atoms with van der Waals surface area (Å²) in [5, 5.41) is 0. The van der Waals surface area contributed by atoms with Crippen LogP contribution in [0.3, 0.4) is 0 Å². The normalized spacial score (nSPS) is 9.50. The number of benzene rings is 1. The number of para-hydroxylation sites is 1. The largest absolute Gasteiger partial charge is 0.423 e. The van der Waals surface area contributed by atoms with Gasteiger partial charge in [0, 0.05) is 5.57 Å². The minimum absolute atomic E-state index is 0.384. The molecule has 0 aliphatic heterocycles. The summed E-state index contributed by atoms with van der Waals surface area (Å²) in [5.41, 5.74) is 0.448. The summed E-state index contributed by atoms with van der Waals surface area (Å²) >= 11 is 4.01. The lowest BCUT2D eigenvalue weighted by molar-refractivity contribution is -0.130. The first-order chi connectivity index (χ1) is 6.74. The molecule has 3 heteroatoms. The maximum absolute atomic E-state index is 11.3. The van der Waals surface area contributed by atoms with Crippen LogP contribution < -0.4 is 4.74 Å². The van der Waals surface area contributed by atoms with E-state index in [1.54, 1.807) is 12.1 Å². The zero-order chi connectivity index (χ0) is 10.4. The summed E-state index contributed by atoms with van der Waals surface area (Å²) < 4.78 is 5.06. The molecule has 2 nitrogen and oxygen atoms in total. The van der Waals surface area contributed by atoms with Crippen LogP contribution in [0.1, 0.15) is 6.42 Å². The van der Waals surface area contributed by atoms with E-state index in [1.165, 1.54) is 0 Å². The van der Waals surface area contributed by atoms with Crippen molar-refractivity contribution in [2.75, 3.05) is 5.75 Å². The summed E-state index contributed by atoms with van der Waals surface area (Å²) in [6.45, 7) is 3.62. The Morgan fingerprint density at radius 1 is 1.36 bits per heavy atom. The van der Waals surface area contributed by atoms with Crippen molar-refractivity contribution in [1.29, 1.82) is 0 Å². The van der Waals surface area contributed by atoms with Gasteiger partial charge in [-0.05, 0) is 24.3 Å². The lowest BCUT2D eigenvalue weighted by Crippen LogP contribution is -2.10. The number of esters is 1. The Morgan fingerprint density at radius 2 is 2.00 bits per heavy atom. The summed E-state index contributed by atoms with van der Waals surface area (Å²) in [6, 6.07) is 8.94. The van der Waals surface area contributed by atoms with Crippen molar-refractivity contribution < 1.29 is 9.53 Å². The highest BCUT2D eigenvalue weighted by Crippen LogP contribution is 2.11. The van der Waals surface area contributed by atoms with E-state index in [4.69, 9.17) is 4.74 Å². The van der Waals surface area contributed by atoms with Gasteiger partial charge in [-0.1, -0.05) is 24.8 Å². The third kappa shape index (κ3) is 3.26. The van der Waals surface area contributed by atoms with E-state index in [-0.39, 0.29) is 5.97 Å². The van der Waals surface area contributed by atoms with Gasteiger partial charge in [-0.25, -0.2) is 4.79 Å². The third-order valence-electron chi connectivity index (χ3n) is 1.66. The SMILES string of the molecule is C=C(CCS)C(=O)Oc1ccccc1. The van der Waals surface area contributed by atoms with Gasteiger partial charge < -0.3 is 4.74 Å². The van der Waals surface area contributed by atoms with Crippen LogP contribution in [-0.2, 0) is 4.79 Å². The smallest absolute Gasteiger partial charge is 0.338 e. The fourth-order valence-electron chi connectivity index (χ4n) is 0.905. The molecule has 0 aliphatic rings. The zero-order valence-corrected chi connectivity index (χ0v) is 8.67. The molecule has 0 N–H and O–H groups in total. The second kappa shape index (κ2) is 5.50. The lowest BCUT2D eigenvalue weighted by atomic mass is 10.2. The van der Waals surface area contributed by atoms with Crippen molar-refractivity contribution in [3.8, 4) is 5.75 Å². The van der Waals surface area contributed by atoms with Crippen LogP contribution >= 0.6 is 12.6 Å². The van der Waals surface area contributed by atoms with Crippen LogP contribution in [0.5, 0.6) is 5.75 Å². The molecule has 0 saturated carbocycles. The predicted molar refractivity (Wildman–Crippen MR) is 59.7 cm³/mol. The lowest BCUT2D eigenvalue weighted by Gasteiger charge is -2.04. The fourth-order valence-corrected chi connectivity index (χ4v) is 1.17. The van der Waals surface area contributed by atoms with Gasteiger partial charge in [-0.2, -0.15) is 12.6 Å². The highest BCUT2D eigenvalue weighted by Gasteiger charge is 2.07. The van der Waals surface area contributed by atoms with Gasteiger partial charge in [0.15, 0.2) is 0 Å². The second-order valence-electron chi connectivity index (χ2n) is 2.78. The molecule has 0 fully saturated rings. The Morgan fingerprint density at radius 3 is 2.57 bits per heavy atom. The topological polar surface area (TPSA) is 26.3 Å². The maximum Gasteiger partial charge on any atom is 0.338 e. The minimum Gasteiger partial charge on any atom is -0.423 e. The van der Waals surface area contributed by atoms with E-state index in [0.717, 1.165) is 0 Å². The van der Waals surface area contributed by atoms with E-state index >= 15 is 0 Å². The molecule has 0 bridgehead atoms. The third-order valence-corrected chi connectivity index (χ3v) is 1.88. The van der Waals surface area contributed by atoms with Gasteiger partial charge in [-0.15, -0.1) is 0 Å². The van der Waals surface area contributed by atoms with Crippen molar-refractivity contribution in [3.63, 3.8) is 0 Å². The van der Waals surface area contributed by atoms with Crippen LogP contribution in [0.25, 0.3) is 0 Å². The molecule has 1 aromatic carbocycles. The number of hydrogen-bond acceptors (Lipinski definition) is 3. The molecule has 0 saturated heterocycles. The van der Waals surface area contributed by atoms with Gasteiger partial charge in [0.05, 0.1) is 0 Å². The van der Waals surface area contributed by atoms with Crippen LogP contribution in [-0.4, -0.2) is 11.7 Å². The van der Waals surface area contributed by atoms with E-state index in [1.807, 2.05) is 18.2 Å². The Hall–Kier alpha value is -1.22. The quantitative estimate of drug-likeness (QED) is 0.356. The van der Waals surface area contributed by atoms with E-state index in [9.17, 15) is 4.79 Å². The first kappa shape index (κ1) is 10.9. The number of hydrogen-bond donors (Lipinski definition) is 1. The van der Waals surface area contributed by atoms with E-state index in [2.05, 4.69) is 19.2 Å². The van der Waals surface area contributed by atoms with Crippen LogP contribution in [0.2, 0.25) is 0 Å². The maximum atomic E-state index is 11.3. The number of carbonyl (C=O) groups is 1. The molecule has 1 rings (SSSR count). The standard InChI is InChI=1S/C11H12O2S/c1-9(7-8-14)11(12)13-10-5-3-2-4-6-10/h2-6,14H,1,7-8H2. The number of rotatable bonds is 4. The molecule has 0 aromatic heterocycles. The van der Waals surface area contributed by atoms with Crippen molar-refractivity contribution in [1.82, 2.24) is 0 Å². The zero-order valence-electron chi connectivity index (χ0n) is 7.77. The summed E-state index contributed by atoms with van der Waals surface area (Å²) in [4.78, 5) is 11.3. The molecule has 0 spiro atoms.